The molecular weight excluding hydrogens is 440 g/mol. The number of anilines is 4. The molecule has 0 aliphatic heterocycles. The molecule has 0 saturated carbocycles. The van der Waals surface area contributed by atoms with Crippen LogP contribution >= 0.6 is 0 Å². The molecule has 1 aromatic heterocycles. The minimum Gasteiger partial charge on any atom is -0.494 e. The average Bonchev–Trinajstić information content (AvgIpc) is 2.74. The first kappa shape index (κ1) is 24.4. The van der Waals surface area contributed by atoms with Crippen molar-refractivity contribution in [3.05, 3.63) is 60.8 Å². The molecule has 0 fully saturated rings. The van der Waals surface area contributed by atoms with Crippen molar-refractivity contribution >= 4 is 33.2 Å². The minimum atomic E-state index is -3.64. The number of nitrogens with two attached hydrogens (primary N) is 1. The van der Waals surface area contributed by atoms with Gasteiger partial charge >= 0.3 is 0 Å². The number of hydrogen-bond donors (Lipinski definition) is 4. The number of benzene rings is 2. The molecule has 2 aromatic carbocycles. The van der Waals surface area contributed by atoms with E-state index in [-0.39, 0.29) is 4.90 Å². The van der Waals surface area contributed by atoms with Gasteiger partial charge in [-0.3, -0.25) is 0 Å². The highest BCUT2D eigenvalue weighted by Gasteiger charge is 2.22. The van der Waals surface area contributed by atoms with Gasteiger partial charge in [0.25, 0.3) is 0 Å². The molecule has 0 saturated heterocycles. The van der Waals surface area contributed by atoms with Crippen molar-refractivity contribution in [1.29, 1.82) is 0 Å². The fraction of sp³-hybridized carbons (Fsp3) is 0.304. The zero-order valence-corrected chi connectivity index (χ0v) is 19.8. The van der Waals surface area contributed by atoms with Crippen LogP contribution in [-0.2, 0) is 10.0 Å². The van der Waals surface area contributed by atoms with Crippen molar-refractivity contribution < 1.29 is 13.2 Å². The Morgan fingerprint density at radius 3 is 2.45 bits per heavy atom. The number of hydrogen-bond acceptors (Lipinski definition) is 8. The maximum Gasteiger partial charge on any atom is 0.241 e. The number of nitrogens with zero attached hydrogens (tertiary/aromatic N) is 2. The molecule has 0 unspecified atom stereocenters. The largest absolute Gasteiger partial charge is 0.494 e. The first-order chi connectivity index (χ1) is 15.6. The summed E-state index contributed by atoms with van der Waals surface area (Å²) in [5, 5.41) is 6.27. The van der Waals surface area contributed by atoms with Gasteiger partial charge in [0.05, 0.1) is 11.5 Å². The second kappa shape index (κ2) is 10.6. The Labute approximate surface area is 194 Å². The molecule has 1 heterocycles. The summed E-state index contributed by atoms with van der Waals surface area (Å²) in [6.07, 6.45) is 2.42. The maximum atomic E-state index is 12.6. The summed E-state index contributed by atoms with van der Waals surface area (Å²) in [4.78, 5) is 8.87. The molecule has 9 nitrogen and oxygen atoms in total. The van der Waals surface area contributed by atoms with Gasteiger partial charge in [-0.1, -0.05) is 6.07 Å². The van der Waals surface area contributed by atoms with E-state index in [0.717, 1.165) is 17.9 Å². The van der Waals surface area contributed by atoms with Gasteiger partial charge in [-0.2, -0.15) is 4.98 Å². The predicted octanol–water partition coefficient (Wildman–Crippen LogP) is 3.77. The van der Waals surface area contributed by atoms with Crippen LogP contribution in [0.1, 0.15) is 27.2 Å². The third-order valence-electron chi connectivity index (χ3n) is 4.24. The summed E-state index contributed by atoms with van der Waals surface area (Å²) in [5.41, 5.74) is 6.29. The predicted molar refractivity (Wildman–Crippen MR) is 131 cm³/mol. The van der Waals surface area contributed by atoms with Gasteiger partial charge in [-0.05, 0) is 82.3 Å². The lowest BCUT2D eigenvalue weighted by atomic mass is 10.1. The van der Waals surface area contributed by atoms with Gasteiger partial charge in [0, 0.05) is 23.1 Å². The Kier molecular flexibility index (Phi) is 7.85. The normalized spacial score (nSPS) is 11.8. The topological polar surface area (TPSA) is 131 Å². The van der Waals surface area contributed by atoms with E-state index in [0.29, 0.717) is 30.6 Å². The van der Waals surface area contributed by atoms with Gasteiger partial charge in [-0.15, -0.1) is 0 Å². The Bertz CT molecular complexity index is 1160. The van der Waals surface area contributed by atoms with Crippen LogP contribution in [0.5, 0.6) is 5.75 Å². The summed E-state index contributed by atoms with van der Waals surface area (Å²) in [6, 6.07) is 15.7. The van der Waals surface area contributed by atoms with Gasteiger partial charge < -0.3 is 21.1 Å². The van der Waals surface area contributed by atoms with Crippen molar-refractivity contribution in [3.8, 4) is 5.75 Å². The van der Waals surface area contributed by atoms with Crippen molar-refractivity contribution in [3.63, 3.8) is 0 Å². The average molecular weight is 471 g/mol. The van der Waals surface area contributed by atoms with E-state index in [1.54, 1.807) is 57.3 Å². The first-order valence-electron chi connectivity index (χ1n) is 10.6. The lowest BCUT2D eigenvalue weighted by molar-refractivity contribution is 0.313. The van der Waals surface area contributed by atoms with Crippen molar-refractivity contribution in [1.82, 2.24) is 14.7 Å². The molecule has 5 N–H and O–H groups in total. The number of aromatic nitrogens is 2. The Morgan fingerprint density at radius 2 is 1.76 bits per heavy atom. The second-order valence-electron chi connectivity index (χ2n) is 8.41. The van der Waals surface area contributed by atoms with E-state index < -0.39 is 15.6 Å². The summed E-state index contributed by atoms with van der Waals surface area (Å²) in [7, 11) is -3.64. The molecule has 0 aliphatic rings. The SMILES string of the molecule is CC(C)(C)NS(=O)(=O)c1cccc(Nc2ccnc(Nc3ccc(OCCCN)cc3)n2)c1. The highest BCUT2D eigenvalue weighted by atomic mass is 32.2. The van der Waals surface area contributed by atoms with Crippen LogP contribution in [0.4, 0.5) is 23.1 Å². The number of sulfonamides is 1. The maximum absolute atomic E-state index is 12.6. The van der Waals surface area contributed by atoms with Crippen LogP contribution in [0.15, 0.2) is 65.7 Å². The molecule has 3 aromatic rings. The molecule has 10 heteroatoms. The fourth-order valence-corrected chi connectivity index (χ4v) is 4.34. The zero-order valence-electron chi connectivity index (χ0n) is 19.0. The van der Waals surface area contributed by atoms with Crippen LogP contribution < -0.4 is 25.8 Å². The lowest BCUT2D eigenvalue weighted by Gasteiger charge is -2.20. The summed E-state index contributed by atoms with van der Waals surface area (Å²) in [6.45, 7) is 6.56. The zero-order chi connectivity index (χ0) is 23.9. The first-order valence-corrected chi connectivity index (χ1v) is 12.1. The van der Waals surface area contributed by atoms with Gasteiger partial charge in [0.2, 0.25) is 16.0 Å². The molecule has 0 amide bonds. The molecule has 33 heavy (non-hydrogen) atoms. The molecule has 0 bridgehead atoms. The standard InChI is InChI=1S/C23H30N6O3S/c1-23(2,3)29-33(30,31)20-7-4-6-18(16-20)26-21-12-14-25-22(28-21)27-17-8-10-19(11-9-17)32-15-5-13-24/h4,6-12,14,16,29H,5,13,15,24H2,1-3H3,(H2,25,26,27,28). The van der Waals surface area contributed by atoms with Gasteiger partial charge in [-0.25, -0.2) is 18.1 Å². The molecule has 0 radical (unpaired) electrons. The second-order valence-corrected chi connectivity index (χ2v) is 10.1. The Balaban J connectivity index is 1.68. The van der Waals surface area contributed by atoms with E-state index in [9.17, 15) is 8.42 Å². The van der Waals surface area contributed by atoms with Crippen LogP contribution in [0.25, 0.3) is 0 Å². The molecule has 0 aliphatic carbocycles. The minimum absolute atomic E-state index is 0.170. The van der Waals surface area contributed by atoms with E-state index in [4.69, 9.17) is 10.5 Å². The van der Waals surface area contributed by atoms with Gasteiger partial charge in [0.15, 0.2) is 0 Å². The van der Waals surface area contributed by atoms with E-state index in [1.807, 2.05) is 24.3 Å². The Morgan fingerprint density at radius 1 is 1.00 bits per heavy atom. The molecular formula is C23H30N6O3S. The molecule has 176 valence electrons. The molecule has 0 atom stereocenters. The van der Waals surface area contributed by atoms with Crippen LogP contribution in [-0.4, -0.2) is 37.1 Å². The number of nitrogens with one attached hydrogen (secondary N) is 3. The molecule has 3 rings (SSSR count). The summed E-state index contributed by atoms with van der Waals surface area (Å²) in [5.74, 6) is 1.68. The van der Waals surface area contributed by atoms with E-state index in [2.05, 4.69) is 25.3 Å². The van der Waals surface area contributed by atoms with Crippen LogP contribution in [0.2, 0.25) is 0 Å². The Hall–Kier alpha value is -3.21. The van der Waals surface area contributed by atoms with Crippen molar-refractivity contribution in [2.24, 2.45) is 5.73 Å². The van der Waals surface area contributed by atoms with E-state index in [1.165, 1.54) is 0 Å². The summed E-state index contributed by atoms with van der Waals surface area (Å²) >= 11 is 0. The fourth-order valence-electron chi connectivity index (χ4n) is 2.88. The van der Waals surface area contributed by atoms with Crippen LogP contribution in [0.3, 0.4) is 0 Å². The third kappa shape index (κ3) is 7.70. The number of rotatable bonds is 10. The number of ether oxygens (including phenoxy) is 1. The third-order valence-corrected chi connectivity index (χ3v) is 6.00. The highest BCUT2D eigenvalue weighted by Crippen LogP contribution is 2.22. The monoisotopic (exact) mass is 470 g/mol. The van der Waals surface area contributed by atoms with E-state index >= 15 is 0 Å². The van der Waals surface area contributed by atoms with Crippen molar-refractivity contribution in [2.75, 3.05) is 23.8 Å². The lowest BCUT2D eigenvalue weighted by Crippen LogP contribution is -2.40. The molecule has 0 spiro atoms. The van der Waals surface area contributed by atoms with Crippen molar-refractivity contribution in [2.45, 2.75) is 37.6 Å². The smallest absolute Gasteiger partial charge is 0.241 e. The van der Waals surface area contributed by atoms with Crippen LogP contribution in [0, 0.1) is 0 Å². The quantitative estimate of drug-likeness (QED) is 0.329. The van der Waals surface area contributed by atoms with Gasteiger partial charge in [0.1, 0.15) is 11.6 Å². The highest BCUT2D eigenvalue weighted by molar-refractivity contribution is 7.89. The summed E-state index contributed by atoms with van der Waals surface area (Å²) < 4.78 is 33.5.